The van der Waals surface area contributed by atoms with Gasteiger partial charge in [0.05, 0.1) is 0 Å². The molecule has 1 nitrogen and oxygen atoms in total. The fourth-order valence-electron chi connectivity index (χ4n) is 1.40. The second-order valence-corrected chi connectivity index (χ2v) is 3.72. The predicted molar refractivity (Wildman–Crippen MR) is 58.0 cm³/mol. The summed E-state index contributed by atoms with van der Waals surface area (Å²) in [6.45, 7) is 4.36. The molecule has 72 valence electrons. The van der Waals surface area contributed by atoms with Gasteiger partial charge in [-0.3, -0.25) is 0 Å². The Labute approximate surface area is 81.2 Å². The van der Waals surface area contributed by atoms with Crippen molar-refractivity contribution in [2.24, 2.45) is 0 Å². The van der Waals surface area contributed by atoms with E-state index in [1.165, 1.54) is 24.0 Å². The molecule has 1 aromatic carbocycles. The average Bonchev–Trinajstić information content (AvgIpc) is 2.14. The Morgan fingerprint density at radius 2 is 2.15 bits per heavy atom. The summed E-state index contributed by atoms with van der Waals surface area (Å²) in [5.41, 5.74) is 2.80. The van der Waals surface area contributed by atoms with Crippen molar-refractivity contribution in [1.82, 2.24) is 5.32 Å². The molecule has 0 saturated heterocycles. The van der Waals surface area contributed by atoms with E-state index in [0.717, 1.165) is 0 Å². The van der Waals surface area contributed by atoms with Crippen molar-refractivity contribution in [2.45, 2.75) is 32.7 Å². The van der Waals surface area contributed by atoms with E-state index in [0.29, 0.717) is 6.04 Å². The van der Waals surface area contributed by atoms with Crippen molar-refractivity contribution in [2.75, 3.05) is 7.05 Å². The molecule has 1 heteroatoms. The summed E-state index contributed by atoms with van der Waals surface area (Å²) in [4.78, 5) is 0. The number of nitrogens with one attached hydrogen (secondary N) is 1. The van der Waals surface area contributed by atoms with Crippen LogP contribution in [-0.2, 0) is 6.42 Å². The molecule has 0 heterocycles. The summed E-state index contributed by atoms with van der Waals surface area (Å²) in [6.07, 6.45) is 2.38. The molecule has 0 spiro atoms. The Hall–Kier alpha value is -0.820. The number of aryl methyl sites for hydroxylation is 2. The van der Waals surface area contributed by atoms with Gasteiger partial charge in [0.2, 0.25) is 0 Å². The third kappa shape index (κ3) is 3.60. The number of hydrogen-bond acceptors (Lipinski definition) is 1. The standard InChI is InChI=1S/C12H19N/c1-10-5-4-6-12(9-10)8-7-11(2)13-3/h4-6,9,11,13H,7-8H2,1-3H3/t11-/m1/s1. The van der Waals surface area contributed by atoms with Gasteiger partial charge in [-0.1, -0.05) is 29.8 Å². The van der Waals surface area contributed by atoms with Gasteiger partial charge in [-0.05, 0) is 39.3 Å². The highest BCUT2D eigenvalue weighted by molar-refractivity contribution is 5.22. The highest BCUT2D eigenvalue weighted by atomic mass is 14.8. The number of benzene rings is 1. The molecule has 0 aliphatic carbocycles. The van der Waals surface area contributed by atoms with Gasteiger partial charge in [0.1, 0.15) is 0 Å². The minimum absolute atomic E-state index is 0.612. The van der Waals surface area contributed by atoms with Crippen molar-refractivity contribution in [3.8, 4) is 0 Å². The molecular weight excluding hydrogens is 158 g/mol. The molecular formula is C12H19N. The lowest BCUT2D eigenvalue weighted by molar-refractivity contribution is 0.565. The zero-order valence-electron chi connectivity index (χ0n) is 8.80. The highest BCUT2D eigenvalue weighted by Gasteiger charge is 1.98. The van der Waals surface area contributed by atoms with E-state index in [4.69, 9.17) is 0 Å². The van der Waals surface area contributed by atoms with Crippen LogP contribution in [0.1, 0.15) is 24.5 Å². The molecule has 13 heavy (non-hydrogen) atoms. The van der Waals surface area contributed by atoms with Crippen molar-refractivity contribution >= 4 is 0 Å². The van der Waals surface area contributed by atoms with E-state index < -0.39 is 0 Å². The molecule has 0 aliphatic heterocycles. The average molecular weight is 177 g/mol. The van der Waals surface area contributed by atoms with E-state index in [9.17, 15) is 0 Å². The zero-order valence-corrected chi connectivity index (χ0v) is 8.80. The first kappa shape index (κ1) is 10.3. The first-order valence-corrected chi connectivity index (χ1v) is 4.95. The van der Waals surface area contributed by atoms with Crippen molar-refractivity contribution in [1.29, 1.82) is 0 Å². The van der Waals surface area contributed by atoms with Crippen LogP contribution >= 0.6 is 0 Å². The maximum absolute atomic E-state index is 3.25. The second kappa shape index (κ2) is 5.03. The van der Waals surface area contributed by atoms with E-state index >= 15 is 0 Å². The second-order valence-electron chi connectivity index (χ2n) is 3.72. The minimum atomic E-state index is 0.612. The van der Waals surface area contributed by atoms with Crippen LogP contribution in [0.2, 0.25) is 0 Å². The molecule has 0 radical (unpaired) electrons. The van der Waals surface area contributed by atoms with Crippen LogP contribution in [0.25, 0.3) is 0 Å². The predicted octanol–water partition coefficient (Wildman–Crippen LogP) is 2.54. The maximum Gasteiger partial charge on any atom is 0.00388 e. The van der Waals surface area contributed by atoms with E-state index in [2.05, 4.69) is 43.4 Å². The number of rotatable bonds is 4. The Balaban J connectivity index is 2.45. The van der Waals surface area contributed by atoms with Gasteiger partial charge in [-0.15, -0.1) is 0 Å². The van der Waals surface area contributed by atoms with Crippen molar-refractivity contribution in [3.05, 3.63) is 35.4 Å². The Morgan fingerprint density at radius 3 is 2.77 bits per heavy atom. The first-order valence-electron chi connectivity index (χ1n) is 4.95. The minimum Gasteiger partial charge on any atom is -0.317 e. The van der Waals surface area contributed by atoms with Crippen LogP contribution in [0.15, 0.2) is 24.3 Å². The Morgan fingerprint density at radius 1 is 1.38 bits per heavy atom. The summed E-state index contributed by atoms with van der Waals surface area (Å²) >= 11 is 0. The van der Waals surface area contributed by atoms with Gasteiger partial charge in [-0.2, -0.15) is 0 Å². The van der Waals surface area contributed by atoms with E-state index in [1.807, 2.05) is 7.05 Å². The number of hydrogen-bond donors (Lipinski definition) is 1. The quantitative estimate of drug-likeness (QED) is 0.745. The van der Waals surface area contributed by atoms with E-state index in [1.54, 1.807) is 0 Å². The first-order chi connectivity index (χ1) is 6.22. The third-order valence-corrected chi connectivity index (χ3v) is 2.44. The van der Waals surface area contributed by atoms with Crippen LogP contribution in [0.5, 0.6) is 0 Å². The lowest BCUT2D eigenvalue weighted by atomic mass is 10.0. The molecule has 1 atom stereocenters. The fourth-order valence-corrected chi connectivity index (χ4v) is 1.40. The summed E-state index contributed by atoms with van der Waals surface area (Å²) in [6, 6.07) is 9.36. The van der Waals surface area contributed by atoms with Gasteiger partial charge >= 0.3 is 0 Å². The van der Waals surface area contributed by atoms with Crippen LogP contribution < -0.4 is 5.32 Å². The molecule has 0 aliphatic rings. The van der Waals surface area contributed by atoms with Gasteiger partial charge in [-0.25, -0.2) is 0 Å². The monoisotopic (exact) mass is 177 g/mol. The molecule has 0 aromatic heterocycles. The largest absolute Gasteiger partial charge is 0.317 e. The molecule has 0 saturated carbocycles. The highest BCUT2D eigenvalue weighted by Crippen LogP contribution is 2.07. The van der Waals surface area contributed by atoms with Gasteiger partial charge in [0, 0.05) is 6.04 Å². The zero-order chi connectivity index (χ0) is 9.68. The summed E-state index contributed by atoms with van der Waals surface area (Å²) in [7, 11) is 2.01. The molecule has 1 N–H and O–H groups in total. The normalized spacial score (nSPS) is 12.8. The molecule has 0 unspecified atom stereocenters. The lowest BCUT2D eigenvalue weighted by Gasteiger charge is -2.09. The molecule has 0 amide bonds. The van der Waals surface area contributed by atoms with Crippen LogP contribution in [0.3, 0.4) is 0 Å². The van der Waals surface area contributed by atoms with Crippen LogP contribution in [-0.4, -0.2) is 13.1 Å². The summed E-state index contributed by atoms with van der Waals surface area (Å²) < 4.78 is 0. The molecule has 0 bridgehead atoms. The van der Waals surface area contributed by atoms with Gasteiger partial charge < -0.3 is 5.32 Å². The smallest absolute Gasteiger partial charge is 0.00388 e. The molecule has 1 rings (SSSR count). The third-order valence-electron chi connectivity index (χ3n) is 2.44. The maximum atomic E-state index is 3.25. The van der Waals surface area contributed by atoms with E-state index in [-0.39, 0.29) is 0 Å². The Kier molecular flexibility index (Phi) is 3.97. The van der Waals surface area contributed by atoms with Gasteiger partial charge in [0.15, 0.2) is 0 Å². The van der Waals surface area contributed by atoms with Crippen LogP contribution in [0, 0.1) is 6.92 Å². The van der Waals surface area contributed by atoms with Crippen molar-refractivity contribution < 1.29 is 0 Å². The summed E-state index contributed by atoms with van der Waals surface area (Å²) in [5.74, 6) is 0. The Bertz CT molecular complexity index is 255. The summed E-state index contributed by atoms with van der Waals surface area (Å²) in [5, 5.41) is 3.25. The topological polar surface area (TPSA) is 12.0 Å². The lowest BCUT2D eigenvalue weighted by Crippen LogP contribution is -2.21. The molecule has 0 fully saturated rings. The van der Waals surface area contributed by atoms with Crippen LogP contribution in [0.4, 0.5) is 0 Å². The molecule has 1 aromatic rings. The fraction of sp³-hybridized carbons (Fsp3) is 0.500. The SMILES string of the molecule is CN[C@H](C)CCc1cccc(C)c1. The van der Waals surface area contributed by atoms with Gasteiger partial charge in [0.25, 0.3) is 0 Å². The van der Waals surface area contributed by atoms with Crippen molar-refractivity contribution in [3.63, 3.8) is 0 Å².